The van der Waals surface area contributed by atoms with Crippen molar-refractivity contribution in [2.45, 2.75) is 6.54 Å². The highest BCUT2D eigenvalue weighted by Crippen LogP contribution is 2.22. The molecule has 1 N–H and O–H groups in total. The molecule has 20 heavy (non-hydrogen) atoms. The van der Waals surface area contributed by atoms with Crippen LogP contribution in [0, 0.1) is 0 Å². The lowest BCUT2D eigenvalue weighted by Crippen LogP contribution is -2.07. The molecule has 0 aliphatic heterocycles. The maximum atomic E-state index is 5.71. The predicted octanol–water partition coefficient (Wildman–Crippen LogP) is 2.54. The van der Waals surface area contributed by atoms with Gasteiger partial charge in [0, 0.05) is 18.1 Å². The van der Waals surface area contributed by atoms with Gasteiger partial charge in [-0.2, -0.15) is 0 Å². The Morgan fingerprint density at radius 2 is 2.05 bits per heavy atom. The van der Waals surface area contributed by atoms with E-state index in [1.165, 1.54) is 0 Å². The molecular formula is C15H14N4O. The first-order valence-corrected chi connectivity index (χ1v) is 6.33. The molecule has 0 unspecified atom stereocenters. The molecule has 0 aliphatic carbocycles. The van der Waals surface area contributed by atoms with Gasteiger partial charge in [-0.25, -0.2) is 4.98 Å². The minimum atomic E-state index is 0.467. The van der Waals surface area contributed by atoms with Crippen LogP contribution in [0.4, 0.5) is 0 Å². The van der Waals surface area contributed by atoms with E-state index in [4.69, 9.17) is 4.74 Å². The van der Waals surface area contributed by atoms with Crippen molar-refractivity contribution < 1.29 is 4.74 Å². The Hall–Kier alpha value is -2.53. The number of aromatic nitrogens is 3. The first kappa shape index (κ1) is 12.5. The van der Waals surface area contributed by atoms with Gasteiger partial charge in [-0.15, -0.1) is 0 Å². The fraction of sp³-hybridized carbons (Fsp3) is 0.133. The molecule has 0 amide bonds. The summed E-state index contributed by atoms with van der Waals surface area (Å²) in [5.74, 6) is 1.12. The van der Waals surface area contributed by atoms with E-state index in [-0.39, 0.29) is 0 Å². The first-order valence-electron chi connectivity index (χ1n) is 6.33. The number of para-hydroxylation sites is 1. The number of benzene rings is 1. The topological polar surface area (TPSA) is 59.9 Å². The number of pyridine rings is 1. The fourth-order valence-corrected chi connectivity index (χ4v) is 1.93. The smallest absolute Gasteiger partial charge is 0.238 e. The van der Waals surface area contributed by atoms with Crippen LogP contribution in [0.2, 0.25) is 0 Å². The van der Waals surface area contributed by atoms with Crippen molar-refractivity contribution in [3.63, 3.8) is 0 Å². The van der Waals surface area contributed by atoms with E-state index >= 15 is 0 Å². The Bertz CT molecular complexity index is 730. The number of hydrogen-bond donors (Lipinski definition) is 1. The summed E-state index contributed by atoms with van der Waals surface area (Å²) < 4.78 is 5.71. The molecule has 0 saturated heterocycles. The number of nitrogens with zero attached hydrogens (tertiary/aromatic N) is 3. The van der Waals surface area contributed by atoms with Crippen LogP contribution in [-0.4, -0.2) is 22.0 Å². The van der Waals surface area contributed by atoms with Crippen molar-refractivity contribution in [3.8, 4) is 11.6 Å². The van der Waals surface area contributed by atoms with Crippen LogP contribution in [0.25, 0.3) is 10.9 Å². The standard InChI is InChI=1S/C15H14N4O/c1-16-7-12-8-17-10-15(19-12)20-13-6-11-4-2-3-5-14(11)18-9-13/h2-6,8-10,16H,7H2,1H3. The zero-order chi connectivity index (χ0) is 13.8. The van der Waals surface area contributed by atoms with Crippen LogP contribution in [0.15, 0.2) is 48.9 Å². The Morgan fingerprint density at radius 3 is 2.95 bits per heavy atom. The summed E-state index contributed by atoms with van der Waals surface area (Å²) in [6.45, 7) is 0.653. The van der Waals surface area contributed by atoms with E-state index in [0.29, 0.717) is 18.2 Å². The van der Waals surface area contributed by atoms with E-state index < -0.39 is 0 Å². The maximum Gasteiger partial charge on any atom is 0.238 e. The van der Waals surface area contributed by atoms with Gasteiger partial charge in [0.25, 0.3) is 0 Å². The second-order valence-corrected chi connectivity index (χ2v) is 4.34. The number of nitrogens with one attached hydrogen (secondary N) is 1. The van der Waals surface area contributed by atoms with Crippen molar-refractivity contribution in [3.05, 3.63) is 54.6 Å². The third-order valence-corrected chi connectivity index (χ3v) is 2.81. The molecule has 2 aromatic heterocycles. The lowest BCUT2D eigenvalue weighted by Gasteiger charge is -2.06. The van der Waals surface area contributed by atoms with Gasteiger partial charge in [-0.05, 0) is 19.2 Å². The fourth-order valence-electron chi connectivity index (χ4n) is 1.93. The molecule has 0 bridgehead atoms. The second kappa shape index (κ2) is 5.63. The summed E-state index contributed by atoms with van der Waals surface area (Å²) in [7, 11) is 1.86. The summed E-state index contributed by atoms with van der Waals surface area (Å²) in [4.78, 5) is 12.8. The summed E-state index contributed by atoms with van der Waals surface area (Å²) in [6, 6.07) is 9.84. The third-order valence-electron chi connectivity index (χ3n) is 2.81. The molecular weight excluding hydrogens is 252 g/mol. The average molecular weight is 266 g/mol. The molecule has 2 heterocycles. The van der Waals surface area contributed by atoms with E-state index in [1.54, 1.807) is 18.6 Å². The van der Waals surface area contributed by atoms with Crippen LogP contribution in [-0.2, 0) is 6.54 Å². The minimum absolute atomic E-state index is 0.467. The molecule has 3 rings (SSSR count). The highest BCUT2D eigenvalue weighted by molar-refractivity contribution is 5.79. The van der Waals surface area contributed by atoms with Crippen LogP contribution >= 0.6 is 0 Å². The molecule has 1 aromatic carbocycles. The number of rotatable bonds is 4. The molecule has 0 spiro atoms. The van der Waals surface area contributed by atoms with Crippen LogP contribution in [0.1, 0.15) is 5.69 Å². The summed E-state index contributed by atoms with van der Waals surface area (Å²) in [5, 5.41) is 4.06. The molecule has 0 saturated carbocycles. The largest absolute Gasteiger partial charge is 0.436 e. The highest BCUT2D eigenvalue weighted by atomic mass is 16.5. The second-order valence-electron chi connectivity index (χ2n) is 4.34. The molecule has 3 aromatic rings. The van der Waals surface area contributed by atoms with E-state index in [9.17, 15) is 0 Å². The van der Waals surface area contributed by atoms with E-state index in [1.807, 2.05) is 37.4 Å². The van der Waals surface area contributed by atoms with Crippen molar-refractivity contribution in [2.75, 3.05) is 7.05 Å². The zero-order valence-corrected chi connectivity index (χ0v) is 11.1. The molecule has 0 aliphatic rings. The predicted molar refractivity (Wildman–Crippen MR) is 76.6 cm³/mol. The van der Waals surface area contributed by atoms with Crippen LogP contribution in [0.5, 0.6) is 11.6 Å². The van der Waals surface area contributed by atoms with Gasteiger partial charge in [0.2, 0.25) is 5.88 Å². The van der Waals surface area contributed by atoms with Crippen molar-refractivity contribution in [1.82, 2.24) is 20.3 Å². The van der Waals surface area contributed by atoms with Gasteiger partial charge in [0.15, 0.2) is 0 Å². The van der Waals surface area contributed by atoms with Gasteiger partial charge in [0.05, 0.1) is 23.6 Å². The Morgan fingerprint density at radius 1 is 1.15 bits per heavy atom. The monoisotopic (exact) mass is 266 g/mol. The van der Waals surface area contributed by atoms with Crippen LogP contribution in [0.3, 0.4) is 0 Å². The Kier molecular flexibility index (Phi) is 3.52. The normalized spacial score (nSPS) is 10.7. The van der Waals surface area contributed by atoms with Crippen molar-refractivity contribution >= 4 is 10.9 Å². The zero-order valence-electron chi connectivity index (χ0n) is 11.1. The quantitative estimate of drug-likeness (QED) is 0.786. The Labute approximate surface area is 116 Å². The van der Waals surface area contributed by atoms with Gasteiger partial charge in [-0.1, -0.05) is 18.2 Å². The molecule has 0 atom stereocenters. The molecule has 0 radical (unpaired) electrons. The molecule has 5 nitrogen and oxygen atoms in total. The summed E-state index contributed by atoms with van der Waals surface area (Å²) in [5.41, 5.74) is 1.77. The van der Waals surface area contributed by atoms with Gasteiger partial charge in [0.1, 0.15) is 5.75 Å². The Balaban J connectivity index is 1.87. The van der Waals surface area contributed by atoms with Crippen molar-refractivity contribution in [2.24, 2.45) is 0 Å². The number of fused-ring (bicyclic) bond motifs is 1. The van der Waals surface area contributed by atoms with Crippen molar-refractivity contribution in [1.29, 1.82) is 0 Å². The van der Waals surface area contributed by atoms with Gasteiger partial charge < -0.3 is 10.1 Å². The lowest BCUT2D eigenvalue weighted by molar-refractivity contribution is 0.455. The minimum Gasteiger partial charge on any atom is -0.436 e. The summed E-state index contributed by atoms with van der Waals surface area (Å²) >= 11 is 0. The number of ether oxygens (including phenoxy) is 1. The van der Waals surface area contributed by atoms with Crippen LogP contribution < -0.4 is 10.1 Å². The van der Waals surface area contributed by atoms with E-state index in [2.05, 4.69) is 20.3 Å². The molecule has 5 heteroatoms. The number of hydrogen-bond acceptors (Lipinski definition) is 5. The first-order chi connectivity index (χ1) is 9.85. The van der Waals surface area contributed by atoms with Gasteiger partial charge >= 0.3 is 0 Å². The maximum absolute atomic E-state index is 5.71. The third kappa shape index (κ3) is 2.73. The van der Waals surface area contributed by atoms with Gasteiger partial charge in [-0.3, -0.25) is 9.97 Å². The highest BCUT2D eigenvalue weighted by Gasteiger charge is 2.03. The SMILES string of the molecule is CNCc1cncc(Oc2cnc3ccccc3c2)n1. The molecule has 0 fully saturated rings. The summed E-state index contributed by atoms with van der Waals surface area (Å²) in [6.07, 6.45) is 4.99. The lowest BCUT2D eigenvalue weighted by atomic mass is 10.2. The van der Waals surface area contributed by atoms with E-state index in [0.717, 1.165) is 16.6 Å². The average Bonchev–Trinajstić information content (AvgIpc) is 2.48. The molecule has 100 valence electrons.